The Hall–Kier alpha value is -5.61. The van der Waals surface area contributed by atoms with Gasteiger partial charge >= 0.3 is 0 Å². The molecule has 260 valence electrons. The number of carbonyl (C=O) groups is 4. The molecule has 1 N–H and O–H groups in total. The fourth-order valence-corrected chi connectivity index (χ4v) is 9.32. The molecule has 11 heteroatoms. The lowest BCUT2D eigenvalue weighted by atomic mass is 9.51. The molecule has 2 aliphatic heterocycles. The van der Waals surface area contributed by atoms with Crippen molar-refractivity contribution < 1.29 is 33.1 Å². The summed E-state index contributed by atoms with van der Waals surface area (Å²) in [4.78, 5) is 64.4. The molecule has 5 aromatic rings. The van der Waals surface area contributed by atoms with Gasteiger partial charge in [-0.2, -0.15) is 0 Å². The number of nitrogens with zero attached hydrogens (tertiary/aromatic N) is 3. The van der Waals surface area contributed by atoms with E-state index in [2.05, 4.69) is 4.98 Å². The summed E-state index contributed by atoms with van der Waals surface area (Å²) in [6, 6.07) is 23.3. The molecule has 52 heavy (non-hydrogen) atoms. The van der Waals surface area contributed by atoms with Gasteiger partial charge < -0.3 is 9.52 Å². The Bertz CT molecular complexity index is 2390. The number of para-hydroxylation sites is 3. The molecule has 9 rings (SSSR count). The number of benzene rings is 4. The Kier molecular flexibility index (Phi) is 7.11. The molecule has 1 aromatic heterocycles. The largest absolute Gasteiger partial charge is 0.507 e. The van der Waals surface area contributed by atoms with E-state index in [0.29, 0.717) is 39.4 Å². The van der Waals surface area contributed by atoms with E-state index in [0.717, 1.165) is 16.5 Å². The van der Waals surface area contributed by atoms with Crippen molar-refractivity contribution in [3.8, 4) is 17.2 Å². The fourth-order valence-electron chi connectivity index (χ4n) is 9.15. The topological polar surface area (TPSA) is 121 Å². The molecule has 1 saturated carbocycles. The molecule has 0 spiro atoms. The summed E-state index contributed by atoms with van der Waals surface area (Å²) >= 11 is 6.10. The van der Waals surface area contributed by atoms with Crippen LogP contribution in [0.2, 0.25) is 5.02 Å². The van der Waals surface area contributed by atoms with Crippen molar-refractivity contribution in [1.82, 2.24) is 4.98 Å². The summed E-state index contributed by atoms with van der Waals surface area (Å²) in [5, 5.41) is 11.2. The van der Waals surface area contributed by atoms with Gasteiger partial charge in [0.25, 0.3) is 0 Å². The number of imide groups is 2. The Morgan fingerprint density at radius 2 is 1.63 bits per heavy atom. The van der Waals surface area contributed by atoms with Crippen molar-refractivity contribution in [3.05, 3.63) is 119 Å². The summed E-state index contributed by atoms with van der Waals surface area (Å²) in [7, 11) is 0. The minimum atomic E-state index is -1.37. The number of carbonyl (C=O) groups excluding carboxylic acids is 4. The van der Waals surface area contributed by atoms with Crippen LogP contribution >= 0.6 is 11.6 Å². The highest BCUT2D eigenvalue weighted by atomic mass is 35.5. The number of allylic oxidation sites excluding steroid dienone is 2. The first kappa shape index (κ1) is 32.3. The van der Waals surface area contributed by atoms with Gasteiger partial charge in [0.05, 0.1) is 39.6 Å². The number of fused-ring (bicyclic) bond motifs is 5. The first-order valence-electron chi connectivity index (χ1n) is 17.1. The van der Waals surface area contributed by atoms with Gasteiger partial charge in [-0.1, -0.05) is 53.6 Å². The maximum Gasteiger partial charge on any atom is 0.241 e. The quantitative estimate of drug-likeness (QED) is 0.149. The van der Waals surface area contributed by atoms with Gasteiger partial charge in [0.2, 0.25) is 29.5 Å². The van der Waals surface area contributed by atoms with Gasteiger partial charge in [-0.25, -0.2) is 14.3 Å². The van der Waals surface area contributed by atoms with Crippen LogP contribution in [-0.2, 0) is 19.2 Å². The highest BCUT2D eigenvalue weighted by Gasteiger charge is 2.68. The molecule has 2 saturated heterocycles. The van der Waals surface area contributed by atoms with E-state index in [1.165, 1.54) is 17.0 Å². The smallest absolute Gasteiger partial charge is 0.241 e. The lowest BCUT2D eigenvalue weighted by molar-refractivity contribution is -0.131. The SMILES string of the molecule is Cc1cccc([C@H]2C3=CC[C@@H]4C(=O)N(c5ccc(-c6nc7ccccc7o6)cc5)C(=O)[C@@H]4[C@@H]3C[C@H]3C(=O)N(c4ccc(F)c(Cl)c4)C(=O)[C@@]23C)c1O. The number of phenolic OH excluding ortho intramolecular Hbond substituents is 1. The second-order valence-electron chi connectivity index (χ2n) is 14.3. The van der Waals surface area contributed by atoms with Crippen LogP contribution < -0.4 is 9.80 Å². The first-order chi connectivity index (χ1) is 25.0. The summed E-state index contributed by atoms with van der Waals surface area (Å²) in [5.74, 6) is -5.74. The number of aromatic hydroxyl groups is 1. The van der Waals surface area contributed by atoms with Crippen molar-refractivity contribution in [2.24, 2.45) is 29.1 Å². The molecule has 0 unspecified atom stereocenters. The number of aryl methyl sites for hydroxylation is 1. The molecule has 0 bridgehead atoms. The van der Waals surface area contributed by atoms with E-state index in [1.54, 1.807) is 56.3 Å². The summed E-state index contributed by atoms with van der Waals surface area (Å²) in [6.07, 6.45) is 2.31. The van der Waals surface area contributed by atoms with Crippen LogP contribution in [0.25, 0.3) is 22.6 Å². The van der Waals surface area contributed by atoms with E-state index in [4.69, 9.17) is 16.0 Å². The standard InChI is InChI=1S/C41H31ClFN3O6/c1-20-6-5-7-26(35(20)47)34-24-15-16-25-33(27(24)19-28-38(49)46(40(51)41(28,34)2)23-14-17-30(43)29(42)18-23)39(50)45(37(25)48)22-12-10-21(11-13-22)36-44-31-8-3-4-9-32(31)52-36/h3-15,17-18,25,27-28,33-34,47H,16,19H2,1-2H3/t25-,27+,28-,33-,34+,41+/m0/s1. The molecule has 4 aliphatic rings. The zero-order chi connectivity index (χ0) is 36.2. The molecule has 3 fully saturated rings. The summed E-state index contributed by atoms with van der Waals surface area (Å²) in [5.41, 5.74) is 3.02. The number of phenols is 1. The van der Waals surface area contributed by atoms with E-state index in [1.807, 2.05) is 30.3 Å². The zero-order valence-corrected chi connectivity index (χ0v) is 28.8. The second kappa shape index (κ2) is 11.4. The third-order valence-corrected chi connectivity index (χ3v) is 12.0. The van der Waals surface area contributed by atoms with Crippen molar-refractivity contribution in [2.75, 3.05) is 9.80 Å². The van der Waals surface area contributed by atoms with Crippen LogP contribution in [0.1, 0.15) is 36.8 Å². The number of hydrogen-bond donors (Lipinski definition) is 1. The normalized spacial score (nSPS) is 26.8. The molecule has 3 heterocycles. The van der Waals surface area contributed by atoms with Gasteiger partial charge in [-0.05, 0) is 92.8 Å². The van der Waals surface area contributed by atoms with Crippen LogP contribution in [0, 0.1) is 41.8 Å². The van der Waals surface area contributed by atoms with Crippen LogP contribution in [0.4, 0.5) is 15.8 Å². The predicted molar refractivity (Wildman–Crippen MR) is 191 cm³/mol. The maximum atomic E-state index is 14.6. The third-order valence-electron chi connectivity index (χ3n) is 11.7. The molecule has 0 radical (unpaired) electrons. The van der Waals surface area contributed by atoms with Gasteiger partial charge in [-0.3, -0.25) is 24.1 Å². The number of halogens is 2. The minimum absolute atomic E-state index is 0.00541. The van der Waals surface area contributed by atoms with E-state index in [9.17, 15) is 28.7 Å². The molecule has 4 amide bonds. The number of hydrogen-bond acceptors (Lipinski definition) is 7. The number of aromatic nitrogens is 1. The third kappa shape index (κ3) is 4.43. The van der Waals surface area contributed by atoms with Gasteiger partial charge in [0, 0.05) is 17.0 Å². The number of anilines is 2. The lowest BCUT2D eigenvalue weighted by Gasteiger charge is -2.49. The highest BCUT2D eigenvalue weighted by molar-refractivity contribution is 6.32. The van der Waals surface area contributed by atoms with Crippen LogP contribution in [0.5, 0.6) is 5.75 Å². The average Bonchev–Trinajstić information content (AvgIpc) is 3.74. The zero-order valence-electron chi connectivity index (χ0n) is 28.0. The minimum Gasteiger partial charge on any atom is -0.507 e. The number of rotatable bonds is 4. The number of amides is 4. The van der Waals surface area contributed by atoms with Gasteiger partial charge in [0.15, 0.2) is 5.58 Å². The maximum absolute atomic E-state index is 14.6. The molecular weight excluding hydrogens is 685 g/mol. The lowest BCUT2D eigenvalue weighted by Crippen LogP contribution is -2.49. The van der Waals surface area contributed by atoms with Crippen LogP contribution in [-0.4, -0.2) is 33.7 Å². The second-order valence-corrected chi connectivity index (χ2v) is 14.7. The van der Waals surface area contributed by atoms with E-state index in [-0.39, 0.29) is 41.1 Å². The van der Waals surface area contributed by atoms with Gasteiger partial charge in [-0.15, -0.1) is 0 Å². The molecule has 9 nitrogen and oxygen atoms in total. The van der Waals surface area contributed by atoms with Crippen molar-refractivity contribution in [1.29, 1.82) is 0 Å². The fraction of sp³-hybridized carbons (Fsp3) is 0.244. The van der Waals surface area contributed by atoms with Crippen molar-refractivity contribution >= 4 is 57.7 Å². The van der Waals surface area contributed by atoms with E-state index < -0.39 is 52.6 Å². The monoisotopic (exact) mass is 715 g/mol. The molecule has 6 atom stereocenters. The Morgan fingerprint density at radius 3 is 2.38 bits per heavy atom. The van der Waals surface area contributed by atoms with E-state index >= 15 is 0 Å². The van der Waals surface area contributed by atoms with Crippen molar-refractivity contribution in [3.63, 3.8) is 0 Å². The van der Waals surface area contributed by atoms with Crippen LogP contribution in [0.3, 0.4) is 0 Å². The first-order valence-corrected chi connectivity index (χ1v) is 17.5. The van der Waals surface area contributed by atoms with Crippen molar-refractivity contribution in [2.45, 2.75) is 32.6 Å². The van der Waals surface area contributed by atoms with Crippen LogP contribution in [0.15, 0.2) is 101 Å². The number of oxazole rings is 1. The summed E-state index contributed by atoms with van der Waals surface area (Å²) < 4.78 is 20.1. The van der Waals surface area contributed by atoms with Gasteiger partial charge in [0.1, 0.15) is 17.1 Å². The predicted octanol–water partition coefficient (Wildman–Crippen LogP) is 7.74. The molecular formula is C41H31ClFN3O6. The Morgan fingerprint density at radius 1 is 0.885 bits per heavy atom. The molecule has 2 aliphatic carbocycles. The Labute approximate surface area is 302 Å². The molecule has 4 aromatic carbocycles. The Balaban J connectivity index is 1.11. The average molecular weight is 716 g/mol. The summed E-state index contributed by atoms with van der Waals surface area (Å²) in [6.45, 7) is 3.48. The highest BCUT2D eigenvalue weighted by Crippen LogP contribution is 2.64.